The Labute approximate surface area is 657 Å². The topological polar surface area (TPSA) is 6.48 Å². The summed E-state index contributed by atoms with van der Waals surface area (Å²) in [5.41, 5.74) is 44.8. The highest BCUT2D eigenvalue weighted by Crippen LogP contribution is 2.67. The zero-order chi connectivity index (χ0) is 74.9. The molecule has 16 aromatic rings. The van der Waals surface area contributed by atoms with Crippen molar-refractivity contribution in [1.82, 2.24) is 0 Å². The summed E-state index contributed by atoms with van der Waals surface area (Å²) in [5, 5.41) is 0. The molecule has 23 rings (SSSR count). The number of anilines is 6. The Hall–Kier alpha value is -12.9. The van der Waals surface area contributed by atoms with Crippen molar-refractivity contribution in [3.05, 3.63) is 441 Å². The Morgan fingerprint density at radius 1 is 0.196 bits per heavy atom. The van der Waals surface area contributed by atoms with Crippen LogP contribution < -0.4 is 9.80 Å². The van der Waals surface area contributed by atoms with Gasteiger partial charge in [0, 0.05) is 50.1 Å². The van der Waals surface area contributed by atoms with Crippen LogP contribution in [0.1, 0.15) is 138 Å². The molecule has 0 amide bonds. The summed E-state index contributed by atoms with van der Waals surface area (Å²) in [6.45, 7) is 17.3. The third-order valence-electron chi connectivity index (χ3n) is 27.7. The van der Waals surface area contributed by atoms with Crippen LogP contribution in [-0.2, 0) is 32.5 Å². The van der Waals surface area contributed by atoms with E-state index >= 15 is 0 Å². The van der Waals surface area contributed by atoms with Crippen molar-refractivity contribution < 1.29 is 0 Å². The van der Waals surface area contributed by atoms with E-state index in [9.17, 15) is 0 Å². The van der Waals surface area contributed by atoms with E-state index in [1.165, 1.54) is 172 Å². The van der Waals surface area contributed by atoms with Crippen molar-refractivity contribution in [3.8, 4) is 89.0 Å². The van der Waals surface area contributed by atoms with Gasteiger partial charge >= 0.3 is 0 Å². The minimum atomic E-state index is -0.546. The minimum Gasteiger partial charge on any atom is -0.310 e. The highest BCUT2D eigenvalue weighted by Gasteiger charge is 2.55. The lowest BCUT2D eigenvalue weighted by Gasteiger charge is -2.35. The molecule has 2 spiro atoms. The number of hydrogen-bond donors (Lipinski definition) is 0. The van der Waals surface area contributed by atoms with Crippen LogP contribution in [0.25, 0.3) is 89.0 Å². The lowest BCUT2D eigenvalue weighted by Crippen LogP contribution is -2.26. The second kappa shape index (κ2) is 23.1. The molecule has 0 saturated carbocycles. The average molecular weight is 1430 g/mol. The molecule has 112 heavy (non-hydrogen) atoms. The quantitative estimate of drug-likeness (QED) is 0.142. The first kappa shape index (κ1) is 65.0. The van der Waals surface area contributed by atoms with Gasteiger partial charge in [-0.15, -0.1) is 0 Å². The first-order valence-corrected chi connectivity index (χ1v) is 40.1. The molecule has 0 radical (unpaired) electrons. The standard InChI is InChI=1S/C110H82N2/c1-105(2)67-108(7,70-50-55-75(68-30-10-8-11-31-68)103(60-70)111(71-51-56-84-76-34-14-22-42-89(76)106(3,4)97(84)61-71)73-53-58-86-82-40-20-28-48-95(82)109(99(86)63-73)91-44-24-16-36-78(91)79-37-17-25-45-92(79)109)102-65-88(69-32-12-9-13-33-69)104(66-101(102)105)112(72-52-57-85-77-35-15-23-43-90(77)107(5,6)98(85)62-72)74-54-59-87-83-41-21-29-49-96(83)110(100(87)64-74)93-46-26-18-38-80(93)81-39-19-27-47-94(81)110/h8-66H,67H2,1-7H3. The summed E-state index contributed by atoms with van der Waals surface area (Å²) in [6, 6.07) is 138. The Balaban J connectivity index is 0.760. The maximum atomic E-state index is 2.65. The van der Waals surface area contributed by atoms with Gasteiger partial charge in [-0.25, -0.2) is 0 Å². The van der Waals surface area contributed by atoms with E-state index in [1.54, 1.807) is 0 Å². The lowest BCUT2D eigenvalue weighted by atomic mass is 9.70. The van der Waals surface area contributed by atoms with Gasteiger partial charge in [-0.1, -0.05) is 340 Å². The number of rotatable bonds is 9. The molecule has 0 N–H and O–H groups in total. The van der Waals surface area contributed by atoms with Gasteiger partial charge in [-0.3, -0.25) is 0 Å². The minimum absolute atomic E-state index is 0.241. The summed E-state index contributed by atoms with van der Waals surface area (Å²) < 4.78 is 0. The van der Waals surface area contributed by atoms with Crippen molar-refractivity contribution in [2.75, 3.05) is 9.80 Å². The van der Waals surface area contributed by atoms with E-state index in [4.69, 9.17) is 0 Å². The van der Waals surface area contributed by atoms with Gasteiger partial charge in [0.25, 0.3) is 0 Å². The predicted molar refractivity (Wildman–Crippen MR) is 465 cm³/mol. The Morgan fingerprint density at radius 3 is 0.839 bits per heavy atom. The number of benzene rings is 16. The molecule has 7 aliphatic carbocycles. The highest BCUT2D eigenvalue weighted by molar-refractivity contribution is 6.01. The fraction of sp³-hybridized carbons (Fsp3) is 0.127. The number of hydrogen-bond acceptors (Lipinski definition) is 2. The molecule has 0 bridgehead atoms. The average Bonchev–Trinajstić information content (AvgIpc) is 1.51. The number of nitrogens with zero attached hydrogens (tertiary/aromatic N) is 2. The summed E-state index contributed by atoms with van der Waals surface area (Å²) >= 11 is 0. The molecule has 0 fully saturated rings. The SMILES string of the molecule is CC1(C)CC(C)(c2ccc(-c3ccccc3)c(N(c3ccc4c(c3)C(C)(C)c3ccccc3-4)c3ccc4c(c3)C3(c5ccccc5-c5ccccc53)c3ccccc3-4)c2)c2cc(-c3ccccc3)c(N(c3ccc4c(c3)C(C)(C)c3ccccc3-4)c3ccc4c(c3)C3(c5ccccc5-c5ccccc53)c3ccccc3-4)cc21. The largest absolute Gasteiger partial charge is 0.310 e. The third kappa shape index (κ3) is 8.54. The highest BCUT2D eigenvalue weighted by atomic mass is 15.2. The van der Waals surface area contributed by atoms with Gasteiger partial charge in [0.15, 0.2) is 0 Å². The number of fused-ring (bicyclic) bond motifs is 27. The van der Waals surface area contributed by atoms with Crippen molar-refractivity contribution in [3.63, 3.8) is 0 Å². The zero-order valence-electron chi connectivity index (χ0n) is 64.2. The van der Waals surface area contributed by atoms with Gasteiger partial charge in [0.05, 0.1) is 22.2 Å². The van der Waals surface area contributed by atoms with E-state index in [1.807, 2.05) is 0 Å². The van der Waals surface area contributed by atoms with E-state index in [0.29, 0.717) is 0 Å². The first-order valence-electron chi connectivity index (χ1n) is 40.1. The van der Waals surface area contributed by atoms with Gasteiger partial charge in [0.1, 0.15) is 0 Å². The van der Waals surface area contributed by atoms with E-state index in [2.05, 4.69) is 416 Å². The van der Waals surface area contributed by atoms with Gasteiger partial charge < -0.3 is 9.80 Å². The monoisotopic (exact) mass is 1430 g/mol. The van der Waals surface area contributed by atoms with Gasteiger partial charge in [-0.05, 0) is 240 Å². The lowest BCUT2D eigenvalue weighted by molar-refractivity contribution is 0.425. The van der Waals surface area contributed by atoms with Crippen LogP contribution in [-0.4, -0.2) is 0 Å². The molecule has 2 heteroatoms. The Bertz CT molecular complexity index is 6610. The third-order valence-corrected chi connectivity index (χ3v) is 27.7. The summed E-state index contributed by atoms with van der Waals surface area (Å²) in [5.74, 6) is 0. The molecule has 0 heterocycles. The molecular formula is C110H82N2. The van der Waals surface area contributed by atoms with Crippen molar-refractivity contribution >= 4 is 34.1 Å². The van der Waals surface area contributed by atoms with E-state index < -0.39 is 16.2 Å². The summed E-state index contributed by atoms with van der Waals surface area (Å²) in [4.78, 5) is 5.30. The zero-order valence-corrected chi connectivity index (χ0v) is 64.2. The molecule has 1 unspecified atom stereocenters. The maximum absolute atomic E-state index is 2.65. The molecule has 2 nitrogen and oxygen atoms in total. The summed E-state index contributed by atoms with van der Waals surface area (Å²) in [7, 11) is 0. The molecule has 0 saturated heterocycles. The van der Waals surface area contributed by atoms with Gasteiger partial charge in [-0.2, -0.15) is 0 Å². The molecule has 0 aliphatic heterocycles. The summed E-state index contributed by atoms with van der Waals surface area (Å²) in [6.07, 6.45) is 0.880. The Kier molecular flexibility index (Phi) is 13.4. The van der Waals surface area contributed by atoms with Crippen LogP contribution in [0.4, 0.5) is 34.1 Å². The smallest absolute Gasteiger partial charge is 0.0726 e. The second-order valence-electron chi connectivity index (χ2n) is 34.5. The van der Waals surface area contributed by atoms with Crippen molar-refractivity contribution in [2.45, 2.75) is 87.4 Å². The van der Waals surface area contributed by atoms with Crippen LogP contribution >= 0.6 is 0 Å². The molecule has 1 atom stereocenters. The predicted octanol–water partition coefficient (Wildman–Crippen LogP) is 28.2. The van der Waals surface area contributed by atoms with Crippen molar-refractivity contribution in [1.29, 1.82) is 0 Å². The molecule has 0 aromatic heterocycles. The van der Waals surface area contributed by atoms with E-state index in [-0.39, 0.29) is 16.2 Å². The maximum Gasteiger partial charge on any atom is 0.0726 e. The second-order valence-corrected chi connectivity index (χ2v) is 34.5. The molecule has 16 aromatic carbocycles. The Morgan fingerprint density at radius 2 is 0.473 bits per heavy atom. The van der Waals surface area contributed by atoms with Gasteiger partial charge in [0.2, 0.25) is 0 Å². The van der Waals surface area contributed by atoms with Crippen LogP contribution in [0.15, 0.2) is 358 Å². The fourth-order valence-corrected chi connectivity index (χ4v) is 22.9. The normalized spacial score (nSPS) is 16.9. The van der Waals surface area contributed by atoms with Crippen LogP contribution in [0.3, 0.4) is 0 Å². The fourth-order valence-electron chi connectivity index (χ4n) is 22.9. The molecule has 7 aliphatic rings. The first-order chi connectivity index (χ1) is 54.7. The molecular weight excluding hydrogens is 1350 g/mol. The van der Waals surface area contributed by atoms with Crippen molar-refractivity contribution in [2.24, 2.45) is 0 Å². The van der Waals surface area contributed by atoms with Crippen LogP contribution in [0, 0.1) is 0 Å². The van der Waals surface area contributed by atoms with E-state index in [0.717, 1.165) is 40.5 Å². The van der Waals surface area contributed by atoms with Crippen LogP contribution in [0.2, 0.25) is 0 Å². The van der Waals surface area contributed by atoms with Crippen LogP contribution in [0.5, 0.6) is 0 Å². The molecule has 532 valence electrons.